The summed E-state index contributed by atoms with van der Waals surface area (Å²) in [5.74, 6) is 1.00. The van der Waals surface area contributed by atoms with Crippen LogP contribution in [0.3, 0.4) is 0 Å². The molecule has 1 aromatic rings. The second kappa shape index (κ2) is 6.92. The molecule has 1 aliphatic heterocycles. The average molecular weight is 252 g/mol. The van der Waals surface area contributed by atoms with Crippen molar-refractivity contribution in [3.63, 3.8) is 0 Å². The van der Waals surface area contributed by atoms with Crippen molar-refractivity contribution in [1.29, 1.82) is 0 Å². The van der Waals surface area contributed by atoms with E-state index in [-0.39, 0.29) is 12.6 Å². The average Bonchev–Trinajstić information content (AvgIpc) is 3.03. The van der Waals surface area contributed by atoms with Crippen LogP contribution in [-0.4, -0.2) is 42.3 Å². The minimum Gasteiger partial charge on any atom is -0.468 e. The van der Waals surface area contributed by atoms with E-state index in [1.165, 1.54) is 12.8 Å². The lowest BCUT2D eigenvalue weighted by molar-refractivity contribution is 0.123. The fourth-order valence-electron chi connectivity index (χ4n) is 2.82. The second-order valence-corrected chi connectivity index (χ2v) is 4.95. The summed E-state index contributed by atoms with van der Waals surface area (Å²) in [6.07, 6.45) is 5.22. The molecular weight excluding hydrogens is 228 g/mol. The first-order valence-corrected chi connectivity index (χ1v) is 6.96. The van der Waals surface area contributed by atoms with Gasteiger partial charge in [-0.05, 0) is 37.9 Å². The van der Waals surface area contributed by atoms with Gasteiger partial charge in [0.15, 0.2) is 0 Å². The molecule has 0 amide bonds. The van der Waals surface area contributed by atoms with E-state index in [1.54, 1.807) is 6.26 Å². The zero-order valence-electron chi connectivity index (χ0n) is 11.1. The lowest BCUT2D eigenvalue weighted by Gasteiger charge is -2.31. The summed E-state index contributed by atoms with van der Waals surface area (Å²) in [6.45, 7) is 5.18. The Morgan fingerprint density at radius 2 is 2.50 bits per heavy atom. The fourth-order valence-corrected chi connectivity index (χ4v) is 2.82. The van der Waals surface area contributed by atoms with Crippen molar-refractivity contribution < 1.29 is 9.52 Å². The number of rotatable bonds is 7. The number of hydrogen-bond donors (Lipinski definition) is 2. The van der Waals surface area contributed by atoms with Crippen molar-refractivity contribution in [2.45, 2.75) is 38.3 Å². The van der Waals surface area contributed by atoms with E-state index in [2.05, 4.69) is 17.1 Å². The molecule has 2 N–H and O–H groups in total. The third-order valence-corrected chi connectivity index (χ3v) is 3.70. The van der Waals surface area contributed by atoms with Gasteiger partial charge in [-0.1, -0.05) is 6.92 Å². The Balaban J connectivity index is 2.01. The highest BCUT2D eigenvalue weighted by Gasteiger charge is 2.25. The van der Waals surface area contributed by atoms with Crippen LogP contribution in [0.1, 0.15) is 38.0 Å². The SMILES string of the molecule is CCC(c1ccco1)N(CCO)CC1CCCN1. The number of aliphatic hydroxyl groups is 1. The number of hydrogen-bond acceptors (Lipinski definition) is 4. The van der Waals surface area contributed by atoms with Gasteiger partial charge in [0, 0.05) is 19.1 Å². The first-order chi connectivity index (χ1) is 8.85. The molecule has 2 unspecified atom stereocenters. The Bertz CT molecular complexity index is 321. The van der Waals surface area contributed by atoms with Gasteiger partial charge in [0.1, 0.15) is 5.76 Å². The van der Waals surface area contributed by atoms with Crippen molar-refractivity contribution in [2.24, 2.45) is 0 Å². The first kappa shape index (κ1) is 13.6. The van der Waals surface area contributed by atoms with Gasteiger partial charge < -0.3 is 14.8 Å². The summed E-state index contributed by atoms with van der Waals surface area (Å²) in [6, 6.07) is 4.79. The molecule has 2 atom stereocenters. The highest BCUT2D eigenvalue weighted by atomic mass is 16.3. The fraction of sp³-hybridized carbons (Fsp3) is 0.714. The van der Waals surface area contributed by atoms with Crippen LogP contribution in [0, 0.1) is 0 Å². The molecule has 0 saturated carbocycles. The van der Waals surface area contributed by atoms with Gasteiger partial charge in [0.25, 0.3) is 0 Å². The number of nitrogens with one attached hydrogen (secondary N) is 1. The van der Waals surface area contributed by atoms with E-state index < -0.39 is 0 Å². The molecular formula is C14H24N2O2. The maximum Gasteiger partial charge on any atom is 0.120 e. The van der Waals surface area contributed by atoms with Gasteiger partial charge in [-0.25, -0.2) is 0 Å². The summed E-state index contributed by atoms with van der Waals surface area (Å²) in [5.41, 5.74) is 0. The van der Waals surface area contributed by atoms with Crippen molar-refractivity contribution in [1.82, 2.24) is 10.2 Å². The molecule has 0 aliphatic carbocycles. The summed E-state index contributed by atoms with van der Waals surface area (Å²) in [7, 11) is 0. The van der Waals surface area contributed by atoms with Gasteiger partial charge in [-0.3, -0.25) is 4.90 Å². The Morgan fingerprint density at radius 3 is 3.06 bits per heavy atom. The van der Waals surface area contributed by atoms with Crippen molar-refractivity contribution in [2.75, 3.05) is 26.2 Å². The zero-order chi connectivity index (χ0) is 12.8. The molecule has 1 fully saturated rings. The van der Waals surface area contributed by atoms with E-state index >= 15 is 0 Å². The largest absolute Gasteiger partial charge is 0.468 e. The van der Waals surface area contributed by atoms with E-state index in [9.17, 15) is 5.11 Å². The molecule has 4 nitrogen and oxygen atoms in total. The summed E-state index contributed by atoms with van der Waals surface area (Å²) < 4.78 is 5.53. The molecule has 4 heteroatoms. The molecule has 1 saturated heterocycles. The van der Waals surface area contributed by atoms with Crippen LogP contribution >= 0.6 is 0 Å². The molecule has 2 heterocycles. The summed E-state index contributed by atoms with van der Waals surface area (Å²) >= 11 is 0. The minimum absolute atomic E-state index is 0.198. The standard InChI is InChI=1S/C14H24N2O2/c1-2-13(14-6-4-10-18-14)16(8-9-17)11-12-5-3-7-15-12/h4,6,10,12-13,15,17H,2-3,5,7-9,11H2,1H3. The van der Waals surface area contributed by atoms with Gasteiger partial charge in [0.2, 0.25) is 0 Å². The molecule has 0 spiro atoms. The molecule has 102 valence electrons. The summed E-state index contributed by atoms with van der Waals surface area (Å²) in [5, 5.41) is 12.8. The maximum absolute atomic E-state index is 9.26. The Hall–Kier alpha value is -0.840. The zero-order valence-corrected chi connectivity index (χ0v) is 11.1. The highest BCUT2D eigenvalue weighted by molar-refractivity contribution is 5.05. The van der Waals surface area contributed by atoms with E-state index in [4.69, 9.17) is 4.42 Å². The van der Waals surface area contributed by atoms with Gasteiger partial charge in [-0.15, -0.1) is 0 Å². The maximum atomic E-state index is 9.26. The van der Waals surface area contributed by atoms with Crippen LogP contribution in [0.4, 0.5) is 0 Å². The Labute approximate surface area is 109 Å². The predicted molar refractivity (Wildman–Crippen MR) is 71.4 cm³/mol. The Kier molecular flexibility index (Phi) is 5.23. The summed E-state index contributed by atoms with van der Waals surface area (Å²) in [4.78, 5) is 2.34. The number of aliphatic hydroxyl groups excluding tert-OH is 1. The van der Waals surface area contributed by atoms with Crippen molar-refractivity contribution in [3.8, 4) is 0 Å². The molecule has 0 radical (unpaired) electrons. The molecule has 1 aliphatic rings. The topological polar surface area (TPSA) is 48.6 Å². The molecule has 0 bridgehead atoms. The lowest BCUT2D eigenvalue weighted by Crippen LogP contribution is -2.40. The van der Waals surface area contributed by atoms with Crippen LogP contribution in [0.2, 0.25) is 0 Å². The van der Waals surface area contributed by atoms with Gasteiger partial charge >= 0.3 is 0 Å². The van der Waals surface area contributed by atoms with E-state index in [0.717, 1.165) is 25.3 Å². The molecule has 1 aromatic heterocycles. The molecule has 2 rings (SSSR count). The van der Waals surface area contributed by atoms with Crippen LogP contribution in [-0.2, 0) is 0 Å². The number of nitrogens with zero attached hydrogens (tertiary/aromatic N) is 1. The highest BCUT2D eigenvalue weighted by Crippen LogP contribution is 2.25. The molecule has 18 heavy (non-hydrogen) atoms. The van der Waals surface area contributed by atoms with Crippen LogP contribution in [0.15, 0.2) is 22.8 Å². The third-order valence-electron chi connectivity index (χ3n) is 3.70. The predicted octanol–water partition coefficient (Wildman–Crippen LogP) is 1.78. The van der Waals surface area contributed by atoms with Gasteiger partial charge in [0.05, 0.1) is 18.9 Å². The monoisotopic (exact) mass is 252 g/mol. The van der Waals surface area contributed by atoms with Crippen LogP contribution < -0.4 is 5.32 Å². The van der Waals surface area contributed by atoms with E-state index in [0.29, 0.717) is 12.6 Å². The van der Waals surface area contributed by atoms with Crippen molar-refractivity contribution >= 4 is 0 Å². The van der Waals surface area contributed by atoms with E-state index in [1.807, 2.05) is 12.1 Å². The normalized spacial score (nSPS) is 21.6. The van der Waals surface area contributed by atoms with Crippen LogP contribution in [0.25, 0.3) is 0 Å². The number of furan rings is 1. The lowest BCUT2D eigenvalue weighted by atomic mass is 10.1. The molecule has 0 aromatic carbocycles. The first-order valence-electron chi connectivity index (χ1n) is 6.96. The third kappa shape index (κ3) is 3.34. The quantitative estimate of drug-likeness (QED) is 0.776. The minimum atomic E-state index is 0.198. The van der Waals surface area contributed by atoms with Crippen LogP contribution in [0.5, 0.6) is 0 Å². The second-order valence-electron chi connectivity index (χ2n) is 4.95. The Morgan fingerprint density at radius 1 is 1.61 bits per heavy atom. The van der Waals surface area contributed by atoms with Crippen molar-refractivity contribution in [3.05, 3.63) is 24.2 Å². The smallest absolute Gasteiger partial charge is 0.120 e. The van der Waals surface area contributed by atoms with Gasteiger partial charge in [-0.2, -0.15) is 0 Å².